The first-order valence-electron chi connectivity index (χ1n) is 6.35. The van der Waals surface area contributed by atoms with Crippen molar-refractivity contribution in [2.75, 3.05) is 26.7 Å². The van der Waals surface area contributed by atoms with Gasteiger partial charge in [-0.3, -0.25) is 4.79 Å². The van der Waals surface area contributed by atoms with Crippen LogP contribution in [0.25, 0.3) is 0 Å². The van der Waals surface area contributed by atoms with E-state index in [-0.39, 0.29) is 18.4 Å². The van der Waals surface area contributed by atoms with E-state index in [2.05, 4.69) is 5.32 Å². The molecule has 1 unspecified atom stereocenters. The second-order valence-corrected chi connectivity index (χ2v) is 5.10. The smallest absolute Gasteiger partial charge is 0.326 e. The molecule has 0 aromatic carbocycles. The van der Waals surface area contributed by atoms with Gasteiger partial charge in [-0.15, -0.1) is 0 Å². The molecule has 1 atom stereocenters. The summed E-state index contributed by atoms with van der Waals surface area (Å²) in [5.74, 6) is -1.42. The number of nitrogens with zero attached hydrogens (tertiary/aromatic N) is 2. The van der Waals surface area contributed by atoms with E-state index in [0.717, 1.165) is 0 Å². The summed E-state index contributed by atoms with van der Waals surface area (Å²) in [6.07, 6.45) is 0.690. The fourth-order valence-corrected chi connectivity index (χ4v) is 1.90. The molecule has 1 rings (SSSR count). The zero-order chi connectivity index (χ0) is 14.6. The third kappa shape index (κ3) is 4.11. The molecule has 1 saturated heterocycles. The van der Waals surface area contributed by atoms with Crippen LogP contribution in [0.1, 0.15) is 20.3 Å². The molecule has 19 heavy (non-hydrogen) atoms. The first-order chi connectivity index (χ1) is 8.82. The van der Waals surface area contributed by atoms with Crippen molar-refractivity contribution in [3.63, 3.8) is 0 Å². The Morgan fingerprint density at radius 3 is 2.47 bits per heavy atom. The van der Waals surface area contributed by atoms with Crippen LogP contribution in [-0.2, 0) is 9.59 Å². The maximum atomic E-state index is 12.0. The van der Waals surface area contributed by atoms with Crippen LogP contribution in [0.5, 0.6) is 0 Å². The average molecular weight is 271 g/mol. The Hall–Kier alpha value is -1.79. The monoisotopic (exact) mass is 271 g/mol. The number of nitrogens with one attached hydrogen (secondary N) is 1. The van der Waals surface area contributed by atoms with E-state index in [4.69, 9.17) is 5.11 Å². The minimum Gasteiger partial charge on any atom is -0.480 e. The van der Waals surface area contributed by atoms with Crippen molar-refractivity contribution in [2.24, 2.45) is 5.92 Å². The van der Waals surface area contributed by atoms with E-state index >= 15 is 0 Å². The predicted molar refractivity (Wildman–Crippen MR) is 68.6 cm³/mol. The van der Waals surface area contributed by atoms with Gasteiger partial charge < -0.3 is 20.2 Å². The van der Waals surface area contributed by atoms with Gasteiger partial charge in [0, 0.05) is 20.1 Å². The molecular weight excluding hydrogens is 250 g/mol. The Morgan fingerprint density at radius 1 is 1.32 bits per heavy atom. The van der Waals surface area contributed by atoms with Gasteiger partial charge in [0.2, 0.25) is 5.91 Å². The summed E-state index contributed by atoms with van der Waals surface area (Å²) < 4.78 is 0. The van der Waals surface area contributed by atoms with Crippen LogP contribution in [-0.4, -0.2) is 65.5 Å². The van der Waals surface area contributed by atoms with Crippen LogP contribution in [0, 0.1) is 5.92 Å². The van der Waals surface area contributed by atoms with Crippen molar-refractivity contribution in [2.45, 2.75) is 26.3 Å². The summed E-state index contributed by atoms with van der Waals surface area (Å²) in [4.78, 5) is 37.6. The summed E-state index contributed by atoms with van der Waals surface area (Å²) in [6.45, 7) is 4.50. The Kier molecular flexibility index (Phi) is 5.14. The summed E-state index contributed by atoms with van der Waals surface area (Å²) in [6, 6.07) is -1.44. The largest absolute Gasteiger partial charge is 0.480 e. The van der Waals surface area contributed by atoms with Crippen molar-refractivity contribution < 1.29 is 19.5 Å². The molecule has 0 radical (unpaired) electrons. The molecule has 0 aromatic rings. The van der Waals surface area contributed by atoms with Gasteiger partial charge in [-0.05, 0) is 12.3 Å². The van der Waals surface area contributed by atoms with E-state index < -0.39 is 18.0 Å². The van der Waals surface area contributed by atoms with E-state index in [1.165, 1.54) is 4.90 Å². The van der Waals surface area contributed by atoms with Gasteiger partial charge in [-0.2, -0.15) is 0 Å². The third-order valence-electron chi connectivity index (χ3n) is 3.17. The number of urea groups is 1. The molecule has 108 valence electrons. The Balaban J connectivity index is 2.66. The fraction of sp³-hybridized carbons (Fsp3) is 0.750. The number of carboxylic acids is 1. The lowest BCUT2D eigenvalue weighted by Crippen LogP contribution is -2.51. The molecule has 0 bridgehead atoms. The highest BCUT2D eigenvalue weighted by molar-refractivity contribution is 5.87. The molecule has 0 saturated carbocycles. The number of aliphatic carboxylic acids is 1. The van der Waals surface area contributed by atoms with Crippen LogP contribution in [0.4, 0.5) is 4.79 Å². The van der Waals surface area contributed by atoms with Crippen LogP contribution in [0.2, 0.25) is 0 Å². The minimum atomic E-state index is -1.07. The number of carbonyl (C=O) groups is 3. The topological polar surface area (TPSA) is 90.0 Å². The zero-order valence-electron chi connectivity index (χ0n) is 11.5. The number of hydrogen-bond acceptors (Lipinski definition) is 3. The van der Waals surface area contributed by atoms with Crippen LogP contribution in [0.3, 0.4) is 0 Å². The lowest BCUT2D eigenvalue weighted by molar-refractivity contribution is -0.140. The Labute approximate surface area is 112 Å². The SMILES string of the molecule is CC(C)C(NC(=O)N1CCCN(C)C(=O)C1)C(=O)O. The Bertz CT molecular complexity index is 370. The van der Waals surface area contributed by atoms with Gasteiger partial charge in [0.15, 0.2) is 0 Å². The van der Waals surface area contributed by atoms with Crippen molar-refractivity contribution >= 4 is 17.9 Å². The standard InChI is InChI=1S/C12H21N3O4/c1-8(2)10(11(17)18)13-12(19)15-6-4-5-14(3)9(16)7-15/h8,10H,4-7H2,1-3H3,(H,13,19)(H,17,18). The van der Waals surface area contributed by atoms with Crippen LogP contribution >= 0.6 is 0 Å². The van der Waals surface area contributed by atoms with Crippen molar-refractivity contribution in [1.82, 2.24) is 15.1 Å². The van der Waals surface area contributed by atoms with Gasteiger partial charge >= 0.3 is 12.0 Å². The van der Waals surface area contributed by atoms with Crippen LogP contribution < -0.4 is 5.32 Å². The number of rotatable bonds is 3. The lowest BCUT2D eigenvalue weighted by atomic mass is 10.1. The number of carbonyl (C=O) groups excluding carboxylic acids is 2. The van der Waals surface area contributed by atoms with Gasteiger partial charge in [-0.1, -0.05) is 13.8 Å². The Morgan fingerprint density at radius 2 is 1.95 bits per heavy atom. The third-order valence-corrected chi connectivity index (χ3v) is 3.17. The van der Waals surface area contributed by atoms with E-state index in [9.17, 15) is 14.4 Å². The molecule has 7 heteroatoms. The first kappa shape index (κ1) is 15.3. The number of likely N-dealkylation sites (N-methyl/N-ethyl adjacent to an activating group) is 1. The molecular formula is C12H21N3O4. The normalized spacial score (nSPS) is 18.2. The fourth-order valence-electron chi connectivity index (χ4n) is 1.90. The highest BCUT2D eigenvalue weighted by atomic mass is 16.4. The lowest BCUT2D eigenvalue weighted by Gasteiger charge is -2.24. The van der Waals surface area contributed by atoms with E-state index in [1.807, 2.05) is 0 Å². The quantitative estimate of drug-likeness (QED) is 0.754. The summed E-state index contributed by atoms with van der Waals surface area (Å²) in [5, 5.41) is 11.5. The maximum absolute atomic E-state index is 12.0. The second kappa shape index (κ2) is 6.40. The molecule has 1 aliphatic rings. The highest BCUT2D eigenvalue weighted by Crippen LogP contribution is 2.06. The van der Waals surface area contributed by atoms with Gasteiger partial charge in [0.05, 0.1) is 0 Å². The van der Waals surface area contributed by atoms with Crippen molar-refractivity contribution in [3.8, 4) is 0 Å². The summed E-state index contributed by atoms with van der Waals surface area (Å²) >= 11 is 0. The molecule has 0 spiro atoms. The number of hydrogen-bond donors (Lipinski definition) is 2. The van der Waals surface area contributed by atoms with Crippen molar-refractivity contribution in [1.29, 1.82) is 0 Å². The van der Waals surface area contributed by atoms with E-state index in [0.29, 0.717) is 19.5 Å². The van der Waals surface area contributed by atoms with Crippen LogP contribution in [0.15, 0.2) is 0 Å². The summed E-state index contributed by atoms with van der Waals surface area (Å²) in [7, 11) is 1.69. The minimum absolute atomic E-state index is 0.00717. The zero-order valence-corrected chi connectivity index (χ0v) is 11.5. The maximum Gasteiger partial charge on any atom is 0.326 e. The highest BCUT2D eigenvalue weighted by Gasteiger charge is 2.28. The van der Waals surface area contributed by atoms with Gasteiger partial charge in [0.25, 0.3) is 0 Å². The first-order valence-corrected chi connectivity index (χ1v) is 6.35. The van der Waals surface area contributed by atoms with Gasteiger partial charge in [-0.25, -0.2) is 9.59 Å². The van der Waals surface area contributed by atoms with Crippen molar-refractivity contribution in [3.05, 3.63) is 0 Å². The second-order valence-electron chi connectivity index (χ2n) is 5.10. The van der Waals surface area contributed by atoms with E-state index in [1.54, 1.807) is 25.8 Å². The number of amides is 3. The molecule has 2 N–H and O–H groups in total. The summed E-state index contributed by atoms with van der Waals surface area (Å²) in [5.41, 5.74) is 0. The van der Waals surface area contributed by atoms with Gasteiger partial charge in [0.1, 0.15) is 12.6 Å². The molecule has 0 aliphatic carbocycles. The molecule has 0 aromatic heterocycles. The average Bonchev–Trinajstić information content (AvgIpc) is 2.48. The molecule has 1 aliphatic heterocycles. The predicted octanol–water partition coefficient (Wildman–Crippen LogP) is -0.0307. The molecule has 1 fully saturated rings. The molecule has 3 amide bonds. The number of carboxylic acid groups (broad SMARTS) is 1. The molecule has 1 heterocycles. The molecule has 7 nitrogen and oxygen atoms in total.